The minimum atomic E-state index is 0.135. The van der Waals surface area contributed by atoms with Crippen molar-refractivity contribution in [2.24, 2.45) is 0 Å². The first-order valence-corrected chi connectivity index (χ1v) is 7.70. The summed E-state index contributed by atoms with van der Waals surface area (Å²) in [6.45, 7) is 7.70. The van der Waals surface area contributed by atoms with Crippen molar-refractivity contribution in [3.63, 3.8) is 0 Å². The molecule has 0 saturated heterocycles. The predicted molar refractivity (Wildman–Crippen MR) is 84.6 cm³/mol. The second-order valence-electron chi connectivity index (χ2n) is 5.36. The van der Waals surface area contributed by atoms with E-state index in [1.807, 2.05) is 25.3 Å². The number of rotatable bonds is 2. The first-order chi connectivity index (χ1) is 10.0. The van der Waals surface area contributed by atoms with Crippen LogP contribution in [0.4, 0.5) is 5.82 Å². The van der Waals surface area contributed by atoms with E-state index in [-0.39, 0.29) is 6.10 Å². The Kier molecular flexibility index (Phi) is 3.80. The predicted octanol–water partition coefficient (Wildman–Crippen LogP) is 3.04. The largest absolute Gasteiger partial charge is 0.485 e. The van der Waals surface area contributed by atoms with Gasteiger partial charge in [0.1, 0.15) is 10.7 Å². The summed E-state index contributed by atoms with van der Waals surface area (Å²) in [5, 5.41) is 8.16. The van der Waals surface area contributed by atoms with E-state index in [2.05, 4.69) is 49.9 Å². The van der Waals surface area contributed by atoms with Gasteiger partial charge >= 0.3 is 0 Å². The van der Waals surface area contributed by atoms with Gasteiger partial charge in [0, 0.05) is 6.54 Å². The molecule has 0 bridgehead atoms. The highest BCUT2D eigenvalue weighted by Gasteiger charge is 2.25. The van der Waals surface area contributed by atoms with Gasteiger partial charge in [-0.05, 0) is 60.0 Å². The molecule has 1 aliphatic rings. The van der Waals surface area contributed by atoms with Crippen molar-refractivity contribution in [1.82, 2.24) is 15.2 Å². The number of halogens is 1. The highest BCUT2D eigenvalue weighted by Crippen LogP contribution is 2.34. The van der Waals surface area contributed by atoms with Crippen LogP contribution >= 0.6 is 15.9 Å². The van der Waals surface area contributed by atoms with Gasteiger partial charge in [-0.2, -0.15) is 10.2 Å². The molecule has 21 heavy (non-hydrogen) atoms. The molecule has 0 N–H and O–H groups in total. The van der Waals surface area contributed by atoms with Crippen molar-refractivity contribution < 1.29 is 4.74 Å². The van der Waals surface area contributed by atoms with Crippen LogP contribution in [0.3, 0.4) is 0 Å². The Morgan fingerprint density at radius 1 is 1.38 bits per heavy atom. The molecule has 1 aliphatic heterocycles. The van der Waals surface area contributed by atoms with Crippen LogP contribution < -0.4 is 9.64 Å². The number of aromatic nitrogens is 3. The summed E-state index contributed by atoms with van der Waals surface area (Å²) in [7, 11) is 0. The molecule has 0 amide bonds. The lowest BCUT2D eigenvalue weighted by atomic mass is 10.1. The van der Waals surface area contributed by atoms with Gasteiger partial charge in [-0.3, -0.25) is 0 Å². The molecule has 0 aliphatic carbocycles. The van der Waals surface area contributed by atoms with E-state index < -0.39 is 0 Å². The molecule has 0 radical (unpaired) electrons. The zero-order chi connectivity index (χ0) is 15.0. The number of nitrogens with zero attached hydrogens (tertiary/aromatic N) is 4. The number of hydrogen-bond donors (Lipinski definition) is 0. The zero-order valence-electron chi connectivity index (χ0n) is 12.3. The van der Waals surface area contributed by atoms with Crippen LogP contribution in [0.25, 0.3) is 0 Å². The van der Waals surface area contributed by atoms with E-state index in [0.717, 1.165) is 40.5 Å². The molecule has 110 valence electrons. The summed E-state index contributed by atoms with van der Waals surface area (Å²) in [6, 6.07) is 3.86. The fraction of sp³-hybridized carbons (Fsp3) is 0.400. The van der Waals surface area contributed by atoms with Gasteiger partial charge in [0.25, 0.3) is 0 Å². The van der Waals surface area contributed by atoms with Crippen molar-refractivity contribution in [1.29, 1.82) is 0 Å². The Morgan fingerprint density at radius 2 is 2.19 bits per heavy atom. The van der Waals surface area contributed by atoms with E-state index in [9.17, 15) is 0 Å². The summed E-state index contributed by atoms with van der Waals surface area (Å²) in [6.07, 6.45) is 1.94. The van der Waals surface area contributed by atoms with Crippen LogP contribution in [0.5, 0.6) is 5.75 Å². The van der Waals surface area contributed by atoms with Crippen LogP contribution in [-0.4, -0.2) is 27.8 Å². The highest BCUT2D eigenvalue weighted by molar-refractivity contribution is 9.10. The lowest BCUT2D eigenvalue weighted by molar-refractivity contribution is 0.210. The SMILES string of the molecule is Cc1cnnc(C)c1CN1C[C@@H](C)Oc2ccc(Br)nc21. The molecule has 5 nitrogen and oxygen atoms in total. The van der Waals surface area contributed by atoms with Gasteiger partial charge in [-0.25, -0.2) is 4.98 Å². The van der Waals surface area contributed by atoms with E-state index in [1.165, 1.54) is 5.56 Å². The Balaban J connectivity index is 1.98. The molecule has 0 aromatic carbocycles. The average Bonchev–Trinajstić information content (AvgIpc) is 2.43. The normalized spacial score (nSPS) is 17.3. The second kappa shape index (κ2) is 5.60. The van der Waals surface area contributed by atoms with Crippen molar-refractivity contribution in [3.8, 4) is 5.75 Å². The first-order valence-electron chi connectivity index (χ1n) is 6.90. The molecule has 3 rings (SSSR count). The quantitative estimate of drug-likeness (QED) is 0.780. The third-order valence-electron chi connectivity index (χ3n) is 3.63. The number of fused-ring (bicyclic) bond motifs is 1. The molecule has 0 saturated carbocycles. The van der Waals surface area contributed by atoms with Gasteiger partial charge in [-0.15, -0.1) is 0 Å². The summed E-state index contributed by atoms with van der Waals surface area (Å²) in [5.41, 5.74) is 3.32. The van der Waals surface area contributed by atoms with E-state index in [0.29, 0.717) is 0 Å². The minimum absolute atomic E-state index is 0.135. The van der Waals surface area contributed by atoms with Crippen molar-refractivity contribution in [2.75, 3.05) is 11.4 Å². The lowest BCUT2D eigenvalue weighted by Gasteiger charge is -2.34. The number of pyridine rings is 1. The van der Waals surface area contributed by atoms with E-state index >= 15 is 0 Å². The molecule has 6 heteroatoms. The van der Waals surface area contributed by atoms with Gasteiger partial charge in [0.15, 0.2) is 11.6 Å². The average molecular weight is 349 g/mol. The molecule has 0 fully saturated rings. The Hall–Kier alpha value is -1.69. The number of anilines is 1. The fourth-order valence-electron chi connectivity index (χ4n) is 2.58. The van der Waals surface area contributed by atoms with Gasteiger partial charge in [0.2, 0.25) is 0 Å². The smallest absolute Gasteiger partial charge is 0.172 e. The highest BCUT2D eigenvalue weighted by atomic mass is 79.9. The van der Waals surface area contributed by atoms with Crippen molar-refractivity contribution >= 4 is 21.7 Å². The number of aryl methyl sites for hydroxylation is 2. The lowest BCUT2D eigenvalue weighted by Crippen LogP contribution is -2.39. The second-order valence-corrected chi connectivity index (χ2v) is 6.17. The Morgan fingerprint density at radius 3 is 2.95 bits per heavy atom. The van der Waals surface area contributed by atoms with Crippen molar-refractivity contribution in [2.45, 2.75) is 33.4 Å². The molecule has 0 spiro atoms. The van der Waals surface area contributed by atoms with E-state index in [1.54, 1.807) is 0 Å². The monoisotopic (exact) mass is 348 g/mol. The van der Waals surface area contributed by atoms with Gasteiger partial charge < -0.3 is 9.64 Å². The fourth-order valence-corrected chi connectivity index (χ4v) is 2.88. The molecular weight excluding hydrogens is 332 g/mol. The standard InChI is InChI=1S/C15H17BrN4O/c1-9-6-17-19-11(3)12(9)8-20-7-10(2)21-13-4-5-14(16)18-15(13)20/h4-6,10H,7-8H2,1-3H3/t10-/m1/s1. The van der Waals surface area contributed by atoms with Gasteiger partial charge in [-0.1, -0.05) is 0 Å². The van der Waals surface area contributed by atoms with Gasteiger partial charge in [0.05, 0.1) is 18.4 Å². The summed E-state index contributed by atoms with van der Waals surface area (Å²) in [5.74, 6) is 1.70. The van der Waals surface area contributed by atoms with Crippen LogP contribution in [0.15, 0.2) is 22.9 Å². The third-order valence-corrected chi connectivity index (χ3v) is 4.07. The molecule has 2 aromatic rings. The summed E-state index contributed by atoms with van der Waals surface area (Å²) < 4.78 is 6.67. The maximum atomic E-state index is 5.86. The van der Waals surface area contributed by atoms with Crippen LogP contribution in [0, 0.1) is 13.8 Å². The van der Waals surface area contributed by atoms with E-state index in [4.69, 9.17) is 4.74 Å². The third kappa shape index (κ3) is 2.85. The number of hydrogen-bond acceptors (Lipinski definition) is 5. The topological polar surface area (TPSA) is 51.1 Å². The molecule has 2 aromatic heterocycles. The maximum Gasteiger partial charge on any atom is 0.172 e. The number of ether oxygens (including phenoxy) is 1. The molecule has 3 heterocycles. The van der Waals surface area contributed by atoms with Crippen LogP contribution in [0.2, 0.25) is 0 Å². The molecule has 0 unspecified atom stereocenters. The van der Waals surface area contributed by atoms with Crippen molar-refractivity contribution in [3.05, 3.63) is 39.8 Å². The van der Waals surface area contributed by atoms with Crippen LogP contribution in [0.1, 0.15) is 23.7 Å². The zero-order valence-corrected chi connectivity index (χ0v) is 13.9. The van der Waals surface area contributed by atoms with Crippen LogP contribution in [-0.2, 0) is 6.54 Å². The summed E-state index contributed by atoms with van der Waals surface area (Å²) in [4.78, 5) is 6.81. The maximum absolute atomic E-state index is 5.86. The Bertz CT molecular complexity index is 656. The molecular formula is C15H17BrN4O. The first kappa shape index (κ1) is 14.3. The molecule has 1 atom stereocenters. The minimum Gasteiger partial charge on any atom is -0.485 e. The Labute approximate surface area is 132 Å². The summed E-state index contributed by atoms with van der Waals surface area (Å²) >= 11 is 3.43.